The van der Waals surface area contributed by atoms with E-state index in [4.69, 9.17) is 5.73 Å². The Balaban J connectivity index is 1.70. The number of nitrogen functional groups attached to an aromatic ring is 1. The first-order valence-corrected chi connectivity index (χ1v) is 8.61. The van der Waals surface area contributed by atoms with Crippen LogP contribution in [-0.4, -0.2) is 28.4 Å². The third-order valence-electron chi connectivity index (χ3n) is 4.14. The first kappa shape index (κ1) is 15.0. The maximum atomic E-state index is 12.4. The summed E-state index contributed by atoms with van der Waals surface area (Å²) < 4.78 is 0. The van der Waals surface area contributed by atoms with E-state index in [2.05, 4.69) is 11.9 Å². The number of rotatable bonds is 3. The van der Waals surface area contributed by atoms with Crippen molar-refractivity contribution in [3.05, 3.63) is 35.3 Å². The highest BCUT2D eigenvalue weighted by Crippen LogP contribution is 2.26. The van der Waals surface area contributed by atoms with Crippen molar-refractivity contribution < 1.29 is 4.79 Å². The average Bonchev–Trinajstić information content (AvgIpc) is 2.96. The molecule has 4 nitrogen and oxygen atoms in total. The van der Waals surface area contributed by atoms with Crippen LogP contribution in [0.4, 0.5) is 5.69 Å². The van der Waals surface area contributed by atoms with Gasteiger partial charge in [-0.25, -0.2) is 4.98 Å². The number of piperidine rings is 1. The van der Waals surface area contributed by atoms with Crippen LogP contribution in [0.25, 0.3) is 10.6 Å². The fraction of sp³-hybridized carbons (Fsp3) is 0.412. The zero-order valence-electron chi connectivity index (χ0n) is 12.8. The number of nitrogens with zero attached hydrogens (tertiary/aromatic N) is 2. The summed E-state index contributed by atoms with van der Waals surface area (Å²) >= 11 is 1.56. The second-order valence-electron chi connectivity index (χ2n) is 5.88. The van der Waals surface area contributed by atoms with Crippen LogP contribution in [0, 0.1) is 0 Å². The zero-order chi connectivity index (χ0) is 15.5. The molecule has 1 saturated heterocycles. The second kappa shape index (κ2) is 6.48. The van der Waals surface area contributed by atoms with Crippen molar-refractivity contribution in [1.82, 2.24) is 9.88 Å². The molecule has 0 bridgehead atoms. The van der Waals surface area contributed by atoms with Gasteiger partial charge in [0.1, 0.15) is 5.01 Å². The molecule has 3 rings (SSSR count). The lowest BCUT2D eigenvalue weighted by Gasteiger charge is -2.33. The van der Waals surface area contributed by atoms with E-state index in [1.165, 1.54) is 6.42 Å². The van der Waals surface area contributed by atoms with Crippen molar-refractivity contribution in [2.45, 2.75) is 38.6 Å². The normalized spacial score (nSPS) is 18.4. The summed E-state index contributed by atoms with van der Waals surface area (Å²) in [5.74, 6) is 0.191. The van der Waals surface area contributed by atoms with E-state index < -0.39 is 0 Å². The predicted molar refractivity (Wildman–Crippen MR) is 90.7 cm³/mol. The molecular weight excluding hydrogens is 294 g/mol. The summed E-state index contributed by atoms with van der Waals surface area (Å²) in [6, 6.07) is 8.05. The first-order valence-electron chi connectivity index (χ1n) is 7.73. The summed E-state index contributed by atoms with van der Waals surface area (Å²) in [6.45, 7) is 3.02. The smallest absolute Gasteiger partial charge is 0.228 e. The van der Waals surface area contributed by atoms with Crippen LogP contribution in [-0.2, 0) is 11.2 Å². The lowest BCUT2D eigenvalue weighted by atomic mass is 10.0. The largest absolute Gasteiger partial charge is 0.399 e. The van der Waals surface area contributed by atoms with Crippen molar-refractivity contribution >= 4 is 22.9 Å². The number of thiazole rings is 1. The van der Waals surface area contributed by atoms with Gasteiger partial charge in [-0.2, -0.15) is 0 Å². The van der Waals surface area contributed by atoms with Gasteiger partial charge in [0.2, 0.25) is 5.91 Å². The molecule has 1 aromatic carbocycles. The first-order chi connectivity index (χ1) is 10.6. The molecular formula is C17H21N3OS. The van der Waals surface area contributed by atoms with Gasteiger partial charge in [0.05, 0.1) is 12.1 Å². The fourth-order valence-electron chi connectivity index (χ4n) is 2.92. The van der Waals surface area contributed by atoms with Crippen molar-refractivity contribution in [3.8, 4) is 10.6 Å². The predicted octanol–water partition coefficient (Wildman–Crippen LogP) is 3.34. The van der Waals surface area contributed by atoms with Crippen molar-refractivity contribution in [3.63, 3.8) is 0 Å². The number of likely N-dealkylation sites (tertiary alicyclic amines) is 1. The second-order valence-corrected chi connectivity index (χ2v) is 6.74. The van der Waals surface area contributed by atoms with Crippen molar-refractivity contribution in [2.75, 3.05) is 12.3 Å². The maximum Gasteiger partial charge on any atom is 0.228 e. The number of amides is 1. The average molecular weight is 315 g/mol. The van der Waals surface area contributed by atoms with Gasteiger partial charge >= 0.3 is 0 Å². The number of hydrogen-bond donors (Lipinski definition) is 1. The summed E-state index contributed by atoms with van der Waals surface area (Å²) in [7, 11) is 0. The Morgan fingerprint density at radius 2 is 2.32 bits per heavy atom. The molecule has 1 aliphatic heterocycles. The van der Waals surface area contributed by atoms with E-state index in [1.807, 2.05) is 34.5 Å². The summed E-state index contributed by atoms with van der Waals surface area (Å²) in [5.41, 5.74) is 8.40. The van der Waals surface area contributed by atoms with Crippen LogP contribution in [0.2, 0.25) is 0 Å². The molecule has 0 radical (unpaired) electrons. The third-order valence-corrected chi connectivity index (χ3v) is 5.08. The quantitative estimate of drug-likeness (QED) is 0.884. The molecule has 2 aromatic rings. The van der Waals surface area contributed by atoms with Gasteiger partial charge in [-0.1, -0.05) is 12.1 Å². The molecule has 2 heterocycles. The SMILES string of the molecule is CC1CCCCN1C(=O)Cc1csc(-c2cccc(N)c2)n1. The van der Waals surface area contributed by atoms with Gasteiger partial charge in [-0.15, -0.1) is 11.3 Å². The minimum atomic E-state index is 0.191. The summed E-state index contributed by atoms with van der Waals surface area (Å²) in [4.78, 5) is 19.0. The summed E-state index contributed by atoms with van der Waals surface area (Å²) in [5, 5.41) is 2.90. The highest BCUT2D eigenvalue weighted by atomic mass is 32.1. The Morgan fingerprint density at radius 1 is 1.45 bits per heavy atom. The minimum absolute atomic E-state index is 0.191. The summed E-state index contributed by atoms with van der Waals surface area (Å²) in [6.07, 6.45) is 3.84. The number of carbonyl (C=O) groups is 1. The number of benzene rings is 1. The molecule has 1 aliphatic rings. The van der Waals surface area contributed by atoms with E-state index in [9.17, 15) is 4.79 Å². The number of anilines is 1. The molecule has 0 aliphatic carbocycles. The van der Waals surface area contributed by atoms with Gasteiger partial charge in [0.25, 0.3) is 0 Å². The van der Waals surface area contributed by atoms with Crippen molar-refractivity contribution in [1.29, 1.82) is 0 Å². The molecule has 22 heavy (non-hydrogen) atoms. The van der Waals surface area contributed by atoms with E-state index in [-0.39, 0.29) is 5.91 Å². The zero-order valence-corrected chi connectivity index (χ0v) is 13.6. The third kappa shape index (κ3) is 3.30. The van der Waals surface area contributed by atoms with Gasteiger partial charge in [-0.05, 0) is 38.3 Å². The Bertz CT molecular complexity index is 667. The number of aromatic nitrogens is 1. The monoisotopic (exact) mass is 315 g/mol. The standard InChI is InChI=1S/C17H21N3OS/c1-12-5-2-3-8-20(12)16(21)10-15-11-22-17(19-15)13-6-4-7-14(18)9-13/h4,6-7,9,11-12H,2-3,5,8,10,18H2,1H3. The van der Waals surface area contributed by atoms with Crippen LogP contribution in [0.3, 0.4) is 0 Å². The van der Waals surface area contributed by atoms with Gasteiger partial charge < -0.3 is 10.6 Å². The molecule has 1 unspecified atom stereocenters. The molecule has 2 N–H and O–H groups in total. The maximum absolute atomic E-state index is 12.4. The number of hydrogen-bond acceptors (Lipinski definition) is 4. The lowest BCUT2D eigenvalue weighted by molar-refractivity contribution is -0.133. The van der Waals surface area contributed by atoms with Gasteiger partial charge in [0.15, 0.2) is 0 Å². The molecule has 5 heteroatoms. The van der Waals surface area contributed by atoms with E-state index in [0.717, 1.165) is 41.3 Å². The number of carbonyl (C=O) groups excluding carboxylic acids is 1. The highest BCUT2D eigenvalue weighted by Gasteiger charge is 2.23. The number of nitrogens with two attached hydrogens (primary N) is 1. The molecule has 116 valence electrons. The van der Waals surface area contributed by atoms with E-state index in [1.54, 1.807) is 11.3 Å². The molecule has 0 spiro atoms. The minimum Gasteiger partial charge on any atom is -0.399 e. The van der Waals surface area contributed by atoms with E-state index in [0.29, 0.717) is 12.5 Å². The fourth-order valence-corrected chi connectivity index (χ4v) is 3.73. The van der Waals surface area contributed by atoms with Crippen LogP contribution < -0.4 is 5.73 Å². The van der Waals surface area contributed by atoms with Gasteiger partial charge in [0, 0.05) is 29.2 Å². The van der Waals surface area contributed by atoms with Crippen LogP contribution in [0.15, 0.2) is 29.6 Å². The molecule has 1 aromatic heterocycles. The highest BCUT2D eigenvalue weighted by molar-refractivity contribution is 7.13. The Kier molecular flexibility index (Phi) is 4.43. The Labute approximate surface area is 135 Å². The van der Waals surface area contributed by atoms with Gasteiger partial charge in [-0.3, -0.25) is 4.79 Å². The Hall–Kier alpha value is -1.88. The van der Waals surface area contributed by atoms with Crippen LogP contribution in [0.1, 0.15) is 31.9 Å². The lowest BCUT2D eigenvalue weighted by Crippen LogP contribution is -2.42. The topological polar surface area (TPSA) is 59.2 Å². The molecule has 1 atom stereocenters. The molecule has 0 saturated carbocycles. The van der Waals surface area contributed by atoms with E-state index >= 15 is 0 Å². The van der Waals surface area contributed by atoms with Crippen molar-refractivity contribution in [2.24, 2.45) is 0 Å². The molecule has 1 fully saturated rings. The van der Waals surface area contributed by atoms with Crippen LogP contribution >= 0.6 is 11.3 Å². The Morgan fingerprint density at radius 3 is 3.09 bits per heavy atom. The molecule has 1 amide bonds. The van der Waals surface area contributed by atoms with Crippen LogP contribution in [0.5, 0.6) is 0 Å².